The third kappa shape index (κ3) is 9.91. The first kappa shape index (κ1) is 42.2. The van der Waals surface area contributed by atoms with Crippen molar-refractivity contribution in [3.63, 3.8) is 0 Å². The molecule has 1 saturated heterocycles. The van der Waals surface area contributed by atoms with E-state index in [1.165, 1.54) is 28.4 Å². The summed E-state index contributed by atoms with van der Waals surface area (Å²) in [7, 11) is 5.47. The molecule has 16 heteroatoms. The van der Waals surface area contributed by atoms with E-state index < -0.39 is 42.5 Å². The zero-order valence-corrected chi connectivity index (χ0v) is 33.7. The number of carbonyl (C=O) groups excluding carboxylic acids is 4. The number of aromatic nitrogens is 4. The Balaban J connectivity index is 1.28. The fraction of sp³-hybridized carbons (Fsp3) is 0.463. The summed E-state index contributed by atoms with van der Waals surface area (Å²) in [6.07, 6.45) is 1.46. The quantitative estimate of drug-likeness (QED) is 0.129. The predicted molar refractivity (Wildman–Crippen MR) is 212 cm³/mol. The zero-order chi connectivity index (χ0) is 41.2. The van der Waals surface area contributed by atoms with Gasteiger partial charge in [0.25, 0.3) is 0 Å². The highest BCUT2D eigenvalue weighted by Gasteiger charge is 2.39. The Kier molecular flexibility index (Phi) is 14.3. The lowest BCUT2D eigenvalue weighted by molar-refractivity contribution is -0.139. The van der Waals surface area contributed by atoms with Crippen LogP contribution in [0.1, 0.15) is 81.8 Å². The van der Waals surface area contributed by atoms with Gasteiger partial charge in [0.15, 0.2) is 0 Å². The number of nitrogens with one attached hydrogen (secondary N) is 4. The van der Waals surface area contributed by atoms with Crippen molar-refractivity contribution in [2.45, 2.75) is 83.3 Å². The molecular formula is C41H52N8O8. The summed E-state index contributed by atoms with van der Waals surface area (Å²) in [5, 5.41) is 5.22. The van der Waals surface area contributed by atoms with Crippen LogP contribution in [-0.2, 0) is 28.5 Å². The molecule has 5 rings (SSSR count). The average molecular weight is 785 g/mol. The van der Waals surface area contributed by atoms with Crippen molar-refractivity contribution in [3.05, 3.63) is 71.4 Å². The normalized spacial score (nSPS) is 16.4. The first-order valence-electron chi connectivity index (χ1n) is 19.0. The SMILES string of the molecule is CCCN(C(=O)[C@@H](NC(=O)OC)[C@@H](C)OC)C(C)c1nc2cc(C#Cc3ccc(-c4c[nH]c([C@@H]5CCCN5C(=O)[C@@H](NC(=O)OC)[C@@H](C)OC)n4)cc3)ccc2[nH]1. The van der Waals surface area contributed by atoms with E-state index in [1.807, 2.05) is 62.5 Å². The van der Waals surface area contributed by atoms with Gasteiger partial charge in [-0.25, -0.2) is 19.6 Å². The van der Waals surface area contributed by atoms with Crippen LogP contribution >= 0.6 is 0 Å². The number of H-pyrrole nitrogens is 2. The van der Waals surface area contributed by atoms with Crippen LogP contribution in [0.15, 0.2) is 48.7 Å². The molecule has 4 N–H and O–H groups in total. The van der Waals surface area contributed by atoms with Gasteiger partial charge in [0.2, 0.25) is 11.8 Å². The minimum Gasteiger partial charge on any atom is -0.453 e. The fourth-order valence-corrected chi connectivity index (χ4v) is 6.78. The molecule has 4 amide bonds. The third-order valence-corrected chi connectivity index (χ3v) is 10.2. The van der Waals surface area contributed by atoms with Crippen molar-refractivity contribution in [2.24, 2.45) is 0 Å². The van der Waals surface area contributed by atoms with Crippen LogP contribution in [-0.4, -0.2) is 120 Å². The van der Waals surface area contributed by atoms with Gasteiger partial charge in [-0.05, 0) is 70.4 Å². The van der Waals surface area contributed by atoms with Crippen molar-refractivity contribution < 1.29 is 38.1 Å². The second-order valence-corrected chi connectivity index (χ2v) is 13.9. The molecule has 1 aliphatic heterocycles. The lowest BCUT2D eigenvalue weighted by atomic mass is 10.1. The Morgan fingerprint density at radius 2 is 1.53 bits per heavy atom. The maximum atomic E-state index is 13.7. The molecule has 0 bridgehead atoms. The zero-order valence-electron chi connectivity index (χ0n) is 33.7. The van der Waals surface area contributed by atoms with Gasteiger partial charge in [-0.15, -0.1) is 0 Å². The number of benzene rings is 2. The summed E-state index contributed by atoms with van der Waals surface area (Å²) in [6.45, 7) is 8.28. The lowest BCUT2D eigenvalue weighted by Gasteiger charge is -2.33. The van der Waals surface area contributed by atoms with Gasteiger partial charge in [0, 0.05) is 50.2 Å². The number of amides is 4. The summed E-state index contributed by atoms with van der Waals surface area (Å²) in [4.78, 5) is 71.0. The Bertz CT molecular complexity index is 2090. The van der Waals surface area contributed by atoms with Crippen molar-refractivity contribution in [1.82, 2.24) is 40.4 Å². The summed E-state index contributed by atoms with van der Waals surface area (Å²) in [5.74, 6) is 7.15. The minimum absolute atomic E-state index is 0.261. The Morgan fingerprint density at radius 3 is 2.18 bits per heavy atom. The number of alkyl carbamates (subject to hydrolysis) is 2. The lowest BCUT2D eigenvalue weighted by Crippen LogP contribution is -2.54. The number of likely N-dealkylation sites (tertiary alicyclic amines) is 1. The first-order valence-corrected chi connectivity index (χ1v) is 19.0. The number of imidazole rings is 2. The second-order valence-electron chi connectivity index (χ2n) is 13.9. The van der Waals surface area contributed by atoms with E-state index in [9.17, 15) is 19.2 Å². The maximum Gasteiger partial charge on any atom is 0.407 e. The fourth-order valence-electron chi connectivity index (χ4n) is 6.78. The molecule has 4 aromatic rings. The van der Waals surface area contributed by atoms with Crippen LogP contribution in [0.25, 0.3) is 22.3 Å². The van der Waals surface area contributed by atoms with Crippen molar-refractivity contribution >= 4 is 35.0 Å². The molecular weight excluding hydrogens is 732 g/mol. The molecule has 304 valence electrons. The largest absolute Gasteiger partial charge is 0.453 e. The Morgan fingerprint density at radius 1 is 0.895 bits per heavy atom. The molecule has 1 unspecified atom stereocenters. The Labute approximate surface area is 332 Å². The van der Waals surface area contributed by atoms with Crippen LogP contribution in [0.5, 0.6) is 0 Å². The molecule has 57 heavy (non-hydrogen) atoms. The summed E-state index contributed by atoms with van der Waals surface area (Å²) in [6, 6.07) is 10.9. The van der Waals surface area contributed by atoms with E-state index in [0.29, 0.717) is 36.7 Å². The van der Waals surface area contributed by atoms with Gasteiger partial charge in [0.05, 0.1) is 55.2 Å². The number of nitrogens with zero attached hydrogens (tertiary/aromatic N) is 4. The number of methoxy groups -OCH3 is 4. The van der Waals surface area contributed by atoms with E-state index in [4.69, 9.17) is 28.9 Å². The highest BCUT2D eigenvalue weighted by molar-refractivity contribution is 5.87. The second kappa shape index (κ2) is 19.3. The van der Waals surface area contributed by atoms with E-state index >= 15 is 0 Å². The van der Waals surface area contributed by atoms with Crippen molar-refractivity contribution in [1.29, 1.82) is 0 Å². The summed E-state index contributed by atoms with van der Waals surface area (Å²) < 4.78 is 20.3. The predicted octanol–water partition coefficient (Wildman–Crippen LogP) is 4.83. The van der Waals surface area contributed by atoms with Gasteiger partial charge in [0.1, 0.15) is 23.7 Å². The van der Waals surface area contributed by atoms with E-state index in [0.717, 1.165) is 40.7 Å². The molecule has 0 radical (unpaired) electrons. The molecule has 0 spiro atoms. The van der Waals surface area contributed by atoms with Gasteiger partial charge >= 0.3 is 12.2 Å². The van der Waals surface area contributed by atoms with Gasteiger partial charge in [-0.3, -0.25) is 9.59 Å². The summed E-state index contributed by atoms with van der Waals surface area (Å²) in [5.41, 5.74) is 4.70. The minimum atomic E-state index is -0.948. The van der Waals surface area contributed by atoms with Crippen molar-refractivity contribution in [3.8, 4) is 23.1 Å². The van der Waals surface area contributed by atoms with Crippen LogP contribution in [0.2, 0.25) is 0 Å². The number of fused-ring (bicyclic) bond motifs is 1. The third-order valence-electron chi connectivity index (χ3n) is 10.2. The standard InChI is InChI=1S/C41H52N8O8/c1-9-20-48(38(50)34(25(3)54-5)46-40(52)56-7)24(2)36-43-30-19-16-28(22-31(30)44-36)13-12-27-14-17-29(18-15-27)32-23-42-37(45-32)33-11-10-21-49(33)39(51)35(26(4)55-6)47-41(53)57-8/h14-19,22-26,33-35H,9-11,20-21H2,1-8H3,(H,42,45)(H,43,44)(H,46,52)(H,47,53)/t24?,25-,26-,33+,34+,35+/m1/s1. The number of rotatable bonds is 14. The van der Waals surface area contributed by atoms with E-state index in [-0.39, 0.29) is 17.9 Å². The topological polar surface area (TPSA) is 193 Å². The van der Waals surface area contributed by atoms with E-state index in [2.05, 4.69) is 32.4 Å². The highest BCUT2D eigenvalue weighted by atomic mass is 16.5. The van der Waals surface area contributed by atoms with E-state index in [1.54, 1.807) is 23.6 Å². The summed E-state index contributed by atoms with van der Waals surface area (Å²) >= 11 is 0. The molecule has 2 aromatic carbocycles. The molecule has 16 nitrogen and oxygen atoms in total. The smallest absolute Gasteiger partial charge is 0.407 e. The molecule has 1 aliphatic rings. The van der Waals surface area contributed by atoms with Gasteiger partial charge in [-0.2, -0.15) is 0 Å². The highest BCUT2D eigenvalue weighted by Crippen LogP contribution is 2.32. The molecule has 0 saturated carbocycles. The van der Waals surface area contributed by atoms with Crippen molar-refractivity contribution in [2.75, 3.05) is 41.5 Å². The number of hydrogen-bond donors (Lipinski definition) is 4. The first-order chi connectivity index (χ1) is 27.4. The van der Waals surface area contributed by atoms with Gasteiger partial charge in [-0.1, -0.05) is 30.9 Å². The number of ether oxygens (including phenoxy) is 4. The number of aromatic amines is 2. The Hall–Kier alpha value is -5.92. The van der Waals surface area contributed by atoms with Crippen LogP contribution in [0.3, 0.4) is 0 Å². The maximum absolute atomic E-state index is 13.7. The van der Waals surface area contributed by atoms with Gasteiger partial charge < -0.3 is 49.3 Å². The van der Waals surface area contributed by atoms with Crippen LogP contribution in [0, 0.1) is 11.8 Å². The molecule has 2 aromatic heterocycles. The number of carbonyl (C=O) groups is 4. The van der Waals surface area contributed by atoms with Crippen LogP contribution in [0.4, 0.5) is 9.59 Å². The van der Waals surface area contributed by atoms with Crippen LogP contribution < -0.4 is 10.6 Å². The molecule has 0 aliphatic carbocycles. The number of hydrogen-bond acceptors (Lipinski definition) is 10. The monoisotopic (exact) mass is 784 g/mol. The molecule has 6 atom stereocenters. The molecule has 3 heterocycles. The molecule has 1 fully saturated rings. The average Bonchev–Trinajstić information content (AvgIpc) is 4.02.